The van der Waals surface area contributed by atoms with Crippen LogP contribution in [0, 0.1) is 5.92 Å². The molecule has 1 aliphatic carbocycles. The second-order valence-electron chi connectivity index (χ2n) is 4.91. The van der Waals surface area contributed by atoms with E-state index in [9.17, 15) is 4.79 Å². The molecule has 0 radical (unpaired) electrons. The van der Waals surface area contributed by atoms with E-state index in [0.29, 0.717) is 13.2 Å². The number of morpholine rings is 1. The summed E-state index contributed by atoms with van der Waals surface area (Å²) in [5.74, 6) is 0.993. The normalized spacial score (nSPS) is 26.2. The van der Waals surface area contributed by atoms with Crippen molar-refractivity contribution in [1.29, 1.82) is 0 Å². The Kier molecular flexibility index (Phi) is 4.18. The number of ether oxygens (including phenoxy) is 1. The van der Waals surface area contributed by atoms with E-state index < -0.39 is 0 Å². The minimum atomic E-state index is -0.264. The summed E-state index contributed by atoms with van der Waals surface area (Å²) in [5.41, 5.74) is 0. The highest BCUT2D eigenvalue weighted by molar-refractivity contribution is 5.81. The fourth-order valence-corrected chi connectivity index (χ4v) is 2.24. The molecule has 0 bridgehead atoms. The van der Waals surface area contributed by atoms with Crippen LogP contribution < -0.4 is 5.32 Å². The molecular weight excluding hydrogens is 204 g/mol. The zero-order chi connectivity index (χ0) is 11.4. The minimum Gasteiger partial charge on any atom is -0.366 e. The fraction of sp³-hybridized carbons (Fsp3) is 0.917. The Balaban J connectivity index is 1.69. The molecule has 0 aromatic carbocycles. The second kappa shape index (κ2) is 5.64. The van der Waals surface area contributed by atoms with Crippen LogP contribution in [0.3, 0.4) is 0 Å². The lowest BCUT2D eigenvalue weighted by Gasteiger charge is -2.30. The lowest BCUT2D eigenvalue weighted by molar-refractivity contribution is -0.144. The van der Waals surface area contributed by atoms with E-state index in [0.717, 1.165) is 25.4 Å². The van der Waals surface area contributed by atoms with Gasteiger partial charge in [-0.05, 0) is 12.3 Å². The minimum absolute atomic E-state index is 0.131. The van der Waals surface area contributed by atoms with E-state index in [2.05, 4.69) is 5.32 Å². The van der Waals surface area contributed by atoms with Crippen molar-refractivity contribution in [1.82, 2.24) is 10.2 Å². The predicted molar refractivity (Wildman–Crippen MR) is 62.2 cm³/mol. The molecule has 1 saturated carbocycles. The molecule has 1 N–H and O–H groups in total. The third kappa shape index (κ3) is 2.95. The molecule has 0 spiro atoms. The lowest BCUT2D eigenvalue weighted by atomic mass is 9.83. The first kappa shape index (κ1) is 11.9. The smallest absolute Gasteiger partial charge is 0.252 e. The number of hydrogen-bond donors (Lipinski definition) is 1. The van der Waals surface area contributed by atoms with Gasteiger partial charge in [-0.2, -0.15) is 0 Å². The zero-order valence-electron chi connectivity index (χ0n) is 10.1. The summed E-state index contributed by atoms with van der Waals surface area (Å²) in [6.45, 7) is 3.04. The molecule has 2 fully saturated rings. The summed E-state index contributed by atoms with van der Waals surface area (Å²) in [4.78, 5) is 13.8. The fourth-order valence-electron chi connectivity index (χ4n) is 2.24. The Hall–Kier alpha value is -0.610. The van der Waals surface area contributed by atoms with Gasteiger partial charge in [-0.25, -0.2) is 0 Å². The number of rotatable bonds is 4. The van der Waals surface area contributed by atoms with E-state index in [1.165, 1.54) is 19.3 Å². The summed E-state index contributed by atoms with van der Waals surface area (Å²) >= 11 is 0. The van der Waals surface area contributed by atoms with Crippen LogP contribution in [0.5, 0.6) is 0 Å². The number of nitrogens with zero attached hydrogens (tertiary/aromatic N) is 1. The van der Waals surface area contributed by atoms with Gasteiger partial charge in [-0.3, -0.25) is 4.79 Å². The van der Waals surface area contributed by atoms with Gasteiger partial charge in [0.25, 0.3) is 5.91 Å². The van der Waals surface area contributed by atoms with Crippen LogP contribution in [-0.4, -0.2) is 50.2 Å². The van der Waals surface area contributed by atoms with E-state index >= 15 is 0 Å². The molecular formula is C12H22N2O2. The Morgan fingerprint density at radius 3 is 2.88 bits per heavy atom. The third-order valence-corrected chi connectivity index (χ3v) is 3.68. The van der Waals surface area contributed by atoms with E-state index in [-0.39, 0.29) is 12.0 Å². The van der Waals surface area contributed by atoms with Crippen molar-refractivity contribution >= 4 is 5.91 Å². The summed E-state index contributed by atoms with van der Waals surface area (Å²) in [5, 5.41) is 3.19. The quantitative estimate of drug-likeness (QED) is 0.764. The number of hydrogen-bond acceptors (Lipinski definition) is 3. The molecule has 1 atom stereocenters. The number of carbonyl (C=O) groups excluding carboxylic acids is 1. The Morgan fingerprint density at radius 2 is 2.31 bits per heavy atom. The van der Waals surface area contributed by atoms with Gasteiger partial charge in [0, 0.05) is 26.7 Å². The molecule has 2 rings (SSSR count). The summed E-state index contributed by atoms with van der Waals surface area (Å²) < 4.78 is 5.45. The first-order valence-electron chi connectivity index (χ1n) is 6.34. The molecule has 4 heteroatoms. The maximum Gasteiger partial charge on any atom is 0.252 e. The summed E-state index contributed by atoms with van der Waals surface area (Å²) in [6, 6.07) is 0. The topological polar surface area (TPSA) is 41.6 Å². The van der Waals surface area contributed by atoms with Crippen molar-refractivity contribution < 1.29 is 9.53 Å². The first-order valence-corrected chi connectivity index (χ1v) is 6.34. The molecule has 2 aliphatic rings. The maximum atomic E-state index is 12.0. The number of likely N-dealkylation sites (N-methyl/N-ethyl adjacent to an activating group) is 1. The van der Waals surface area contributed by atoms with Crippen LogP contribution in [0.1, 0.15) is 25.7 Å². The predicted octanol–water partition coefficient (Wildman–Crippen LogP) is 0.623. The van der Waals surface area contributed by atoms with Crippen molar-refractivity contribution in [3.8, 4) is 0 Å². The van der Waals surface area contributed by atoms with Crippen LogP contribution in [0.2, 0.25) is 0 Å². The van der Waals surface area contributed by atoms with Crippen molar-refractivity contribution in [3.05, 3.63) is 0 Å². The molecule has 16 heavy (non-hydrogen) atoms. The van der Waals surface area contributed by atoms with Crippen molar-refractivity contribution in [2.24, 2.45) is 5.92 Å². The van der Waals surface area contributed by atoms with Crippen LogP contribution in [0.4, 0.5) is 0 Å². The first-order chi connectivity index (χ1) is 7.77. The Labute approximate surface area is 97.3 Å². The number of amides is 1. The molecule has 1 aliphatic heterocycles. The maximum absolute atomic E-state index is 12.0. The lowest BCUT2D eigenvalue weighted by Crippen LogP contribution is -2.48. The highest BCUT2D eigenvalue weighted by Crippen LogP contribution is 2.29. The van der Waals surface area contributed by atoms with Crippen LogP contribution in [0.25, 0.3) is 0 Å². The SMILES string of the molecule is CN(CCC1CCC1)C(=O)C1CNCCO1. The highest BCUT2D eigenvalue weighted by atomic mass is 16.5. The van der Waals surface area contributed by atoms with E-state index in [4.69, 9.17) is 4.74 Å². The van der Waals surface area contributed by atoms with E-state index in [1.54, 1.807) is 0 Å². The van der Waals surface area contributed by atoms with Gasteiger partial charge in [0.1, 0.15) is 6.10 Å². The second-order valence-corrected chi connectivity index (χ2v) is 4.91. The van der Waals surface area contributed by atoms with Gasteiger partial charge in [0.2, 0.25) is 0 Å². The molecule has 92 valence electrons. The van der Waals surface area contributed by atoms with Gasteiger partial charge in [-0.1, -0.05) is 19.3 Å². The highest BCUT2D eigenvalue weighted by Gasteiger charge is 2.25. The van der Waals surface area contributed by atoms with Crippen LogP contribution in [0.15, 0.2) is 0 Å². The average molecular weight is 226 g/mol. The van der Waals surface area contributed by atoms with Crippen LogP contribution in [-0.2, 0) is 9.53 Å². The van der Waals surface area contributed by atoms with Crippen LogP contribution >= 0.6 is 0 Å². The molecule has 1 saturated heterocycles. The van der Waals surface area contributed by atoms with Crippen molar-refractivity contribution in [2.45, 2.75) is 31.8 Å². The summed E-state index contributed by atoms with van der Waals surface area (Å²) in [6.07, 6.45) is 4.97. The average Bonchev–Trinajstić information content (AvgIpc) is 2.27. The molecule has 1 unspecified atom stereocenters. The number of carbonyl (C=O) groups is 1. The molecule has 1 heterocycles. The molecule has 1 amide bonds. The van der Waals surface area contributed by atoms with Gasteiger partial charge in [0.15, 0.2) is 0 Å². The zero-order valence-corrected chi connectivity index (χ0v) is 10.1. The Bertz CT molecular complexity index is 235. The summed E-state index contributed by atoms with van der Waals surface area (Å²) in [7, 11) is 1.89. The van der Waals surface area contributed by atoms with Gasteiger partial charge >= 0.3 is 0 Å². The van der Waals surface area contributed by atoms with E-state index in [1.807, 2.05) is 11.9 Å². The molecule has 0 aromatic rings. The van der Waals surface area contributed by atoms with Gasteiger partial charge < -0.3 is 15.0 Å². The third-order valence-electron chi connectivity index (χ3n) is 3.68. The van der Waals surface area contributed by atoms with Crippen molar-refractivity contribution in [2.75, 3.05) is 33.3 Å². The Morgan fingerprint density at radius 1 is 1.50 bits per heavy atom. The van der Waals surface area contributed by atoms with Crippen molar-refractivity contribution in [3.63, 3.8) is 0 Å². The monoisotopic (exact) mass is 226 g/mol. The van der Waals surface area contributed by atoms with Gasteiger partial charge in [-0.15, -0.1) is 0 Å². The van der Waals surface area contributed by atoms with Gasteiger partial charge in [0.05, 0.1) is 6.61 Å². The standard InChI is InChI=1S/C12H22N2O2/c1-14(7-5-10-3-2-4-10)12(15)11-9-13-6-8-16-11/h10-11,13H,2-9H2,1H3. The number of nitrogens with one attached hydrogen (secondary N) is 1. The molecule has 0 aromatic heterocycles. The molecule has 4 nitrogen and oxygen atoms in total. The largest absolute Gasteiger partial charge is 0.366 e.